The maximum absolute atomic E-state index is 5.50. The molecule has 0 amide bonds. The summed E-state index contributed by atoms with van der Waals surface area (Å²) in [7, 11) is 0. The molecule has 2 unspecified atom stereocenters. The predicted molar refractivity (Wildman–Crippen MR) is 71.0 cm³/mol. The van der Waals surface area contributed by atoms with Gasteiger partial charge in [-0.3, -0.25) is 11.3 Å². The Labute approximate surface area is 102 Å². The summed E-state index contributed by atoms with van der Waals surface area (Å²) in [6.45, 7) is 2.10. The van der Waals surface area contributed by atoms with Crippen LogP contribution in [0.2, 0.25) is 0 Å². The molecule has 3 aliphatic carbocycles. The number of nitrogens with one attached hydrogen (secondary N) is 1. The van der Waals surface area contributed by atoms with Gasteiger partial charge in [-0.1, -0.05) is 36.5 Å². The van der Waals surface area contributed by atoms with Crippen LogP contribution in [0.15, 0.2) is 58.7 Å². The van der Waals surface area contributed by atoms with E-state index in [0.717, 1.165) is 12.8 Å². The van der Waals surface area contributed by atoms with Gasteiger partial charge < -0.3 is 0 Å². The van der Waals surface area contributed by atoms with Gasteiger partial charge in [0.2, 0.25) is 0 Å². The maximum Gasteiger partial charge on any atom is 0.0428 e. The summed E-state index contributed by atoms with van der Waals surface area (Å²) >= 11 is 0. The van der Waals surface area contributed by atoms with Crippen molar-refractivity contribution >= 4 is 0 Å². The molecule has 0 radical (unpaired) electrons. The summed E-state index contributed by atoms with van der Waals surface area (Å²) in [5.41, 5.74) is 8.59. The quantitative estimate of drug-likeness (QED) is 0.561. The Morgan fingerprint density at radius 2 is 2.29 bits per heavy atom. The van der Waals surface area contributed by atoms with Gasteiger partial charge in [0.25, 0.3) is 0 Å². The number of hydrogen-bond donors (Lipinski definition) is 2. The van der Waals surface area contributed by atoms with Gasteiger partial charge in [0.05, 0.1) is 0 Å². The third-order valence-electron chi connectivity index (χ3n) is 3.91. The SMILES string of the molecule is CC(NN)C1=CCC2C(=C1)C=C1CC=CC=C12. The van der Waals surface area contributed by atoms with E-state index in [1.54, 1.807) is 0 Å². The predicted octanol–water partition coefficient (Wildman–Crippen LogP) is 2.54. The Morgan fingerprint density at radius 3 is 3.12 bits per heavy atom. The van der Waals surface area contributed by atoms with Crippen LogP contribution in [0.5, 0.6) is 0 Å². The zero-order valence-electron chi connectivity index (χ0n) is 10.1. The van der Waals surface area contributed by atoms with Gasteiger partial charge in [0.1, 0.15) is 0 Å². The summed E-state index contributed by atoms with van der Waals surface area (Å²) in [4.78, 5) is 0. The van der Waals surface area contributed by atoms with Gasteiger partial charge in [-0.05, 0) is 42.1 Å². The molecule has 0 heterocycles. The van der Waals surface area contributed by atoms with Crippen molar-refractivity contribution in [1.82, 2.24) is 5.43 Å². The molecule has 3 aliphatic rings. The van der Waals surface area contributed by atoms with E-state index in [0.29, 0.717) is 5.92 Å². The third-order valence-corrected chi connectivity index (χ3v) is 3.91. The van der Waals surface area contributed by atoms with E-state index in [9.17, 15) is 0 Å². The number of nitrogens with two attached hydrogens (primary N) is 1. The van der Waals surface area contributed by atoms with Gasteiger partial charge in [-0.25, -0.2) is 0 Å². The summed E-state index contributed by atoms with van der Waals surface area (Å²) in [5.74, 6) is 6.09. The molecule has 0 fully saturated rings. The molecular formula is C15H18N2. The Hall–Kier alpha value is -1.38. The van der Waals surface area contributed by atoms with Crippen LogP contribution in [-0.2, 0) is 0 Å². The largest absolute Gasteiger partial charge is 0.271 e. The molecule has 0 aromatic rings. The van der Waals surface area contributed by atoms with Gasteiger partial charge in [0.15, 0.2) is 0 Å². The minimum atomic E-state index is 0.233. The second kappa shape index (κ2) is 4.13. The molecule has 3 N–H and O–H groups in total. The average Bonchev–Trinajstić information content (AvgIpc) is 2.75. The van der Waals surface area contributed by atoms with Gasteiger partial charge in [0, 0.05) is 12.0 Å². The molecule has 2 atom stereocenters. The van der Waals surface area contributed by atoms with Crippen LogP contribution < -0.4 is 11.3 Å². The number of allylic oxidation sites excluding steroid dienone is 8. The van der Waals surface area contributed by atoms with E-state index in [4.69, 9.17) is 5.84 Å². The Kier molecular flexibility index (Phi) is 2.61. The summed E-state index contributed by atoms with van der Waals surface area (Å²) in [5, 5.41) is 0. The number of fused-ring (bicyclic) bond motifs is 3. The van der Waals surface area contributed by atoms with Crippen LogP contribution >= 0.6 is 0 Å². The summed E-state index contributed by atoms with van der Waals surface area (Å²) in [6, 6.07) is 0.233. The molecule has 0 aromatic heterocycles. The van der Waals surface area contributed by atoms with E-state index in [2.05, 4.69) is 48.8 Å². The lowest BCUT2D eigenvalue weighted by molar-refractivity contribution is 0.634. The van der Waals surface area contributed by atoms with Crippen LogP contribution in [0.3, 0.4) is 0 Å². The zero-order valence-corrected chi connectivity index (χ0v) is 10.1. The number of hydrogen-bond acceptors (Lipinski definition) is 2. The monoisotopic (exact) mass is 226 g/mol. The fourth-order valence-corrected chi connectivity index (χ4v) is 2.86. The highest BCUT2D eigenvalue weighted by Gasteiger charge is 2.29. The van der Waals surface area contributed by atoms with Gasteiger partial charge >= 0.3 is 0 Å². The normalized spacial score (nSPS) is 27.5. The van der Waals surface area contributed by atoms with Crippen molar-refractivity contribution < 1.29 is 0 Å². The van der Waals surface area contributed by atoms with Crippen molar-refractivity contribution in [2.75, 3.05) is 0 Å². The highest BCUT2D eigenvalue weighted by Crippen LogP contribution is 2.43. The van der Waals surface area contributed by atoms with Crippen LogP contribution in [0.4, 0.5) is 0 Å². The standard InChI is InChI=1S/C15H18N2/c1-10(17-16)11-6-7-15-13(8-11)9-12-4-2-3-5-14(12)15/h2-3,5-6,8-10,15,17H,4,7,16H2,1H3. The minimum absolute atomic E-state index is 0.233. The van der Waals surface area contributed by atoms with E-state index < -0.39 is 0 Å². The highest BCUT2D eigenvalue weighted by atomic mass is 15.2. The molecule has 0 bridgehead atoms. The molecule has 0 saturated heterocycles. The lowest BCUT2D eigenvalue weighted by Crippen LogP contribution is -2.34. The average molecular weight is 226 g/mol. The van der Waals surface area contributed by atoms with Crippen molar-refractivity contribution in [2.24, 2.45) is 11.8 Å². The molecule has 2 heteroatoms. The Morgan fingerprint density at radius 1 is 1.41 bits per heavy atom. The smallest absolute Gasteiger partial charge is 0.0428 e. The lowest BCUT2D eigenvalue weighted by atomic mass is 9.84. The molecule has 3 rings (SSSR count). The second-order valence-electron chi connectivity index (χ2n) is 4.95. The topological polar surface area (TPSA) is 38.0 Å². The van der Waals surface area contributed by atoms with Gasteiger partial charge in [-0.2, -0.15) is 0 Å². The third kappa shape index (κ3) is 1.74. The van der Waals surface area contributed by atoms with Crippen molar-refractivity contribution in [3.05, 3.63) is 58.7 Å². The first-order chi connectivity index (χ1) is 8.29. The molecule has 2 nitrogen and oxygen atoms in total. The van der Waals surface area contributed by atoms with Crippen LogP contribution in [0, 0.1) is 5.92 Å². The van der Waals surface area contributed by atoms with Crippen molar-refractivity contribution in [3.8, 4) is 0 Å². The number of rotatable bonds is 2. The Balaban J connectivity index is 1.92. The molecule has 0 aromatic carbocycles. The minimum Gasteiger partial charge on any atom is -0.271 e. The molecule has 0 spiro atoms. The molecule has 0 saturated carbocycles. The van der Waals surface area contributed by atoms with Crippen molar-refractivity contribution in [1.29, 1.82) is 0 Å². The van der Waals surface area contributed by atoms with E-state index in [-0.39, 0.29) is 6.04 Å². The van der Waals surface area contributed by atoms with E-state index in [1.165, 1.54) is 22.3 Å². The van der Waals surface area contributed by atoms with E-state index in [1.807, 2.05) is 0 Å². The first-order valence-corrected chi connectivity index (χ1v) is 6.25. The molecule has 0 aliphatic heterocycles. The second-order valence-corrected chi connectivity index (χ2v) is 4.95. The zero-order chi connectivity index (χ0) is 11.8. The first kappa shape index (κ1) is 10.8. The highest BCUT2D eigenvalue weighted by molar-refractivity contribution is 5.58. The van der Waals surface area contributed by atoms with Crippen LogP contribution in [0.1, 0.15) is 19.8 Å². The fraction of sp³-hybridized carbons (Fsp3) is 0.333. The van der Waals surface area contributed by atoms with Crippen molar-refractivity contribution in [2.45, 2.75) is 25.8 Å². The maximum atomic E-state index is 5.50. The Bertz CT molecular complexity index is 489. The summed E-state index contributed by atoms with van der Waals surface area (Å²) < 4.78 is 0. The van der Waals surface area contributed by atoms with E-state index >= 15 is 0 Å². The first-order valence-electron chi connectivity index (χ1n) is 6.25. The number of hydrazine groups is 1. The molecule has 88 valence electrons. The van der Waals surface area contributed by atoms with Gasteiger partial charge in [-0.15, -0.1) is 0 Å². The van der Waals surface area contributed by atoms with Crippen molar-refractivity contribution in [3.63, 3.8) is 0 Å². The van der Waals surface area contributed by atoms with Crippen LogP contribution in [0.25, 0.3) is 0 Å². The molecular weight excluding hydrogens is 208 g/mol. The van der Waals surface area contributed by atoms with Crippen LogP contribution in [-0.4, -0.2) is 6.04 Å². The fourth-order valence-electron chi connectivity index (χ4n) is 2.86. The lowest BCUT2D eigenvalue weighted by Gasteiger charge is -2.22. The summed E-state index contributed by atoms with van der Waals surface area (Å²) in [6.07, 6.45) is 15.8. The molecule has 17 heavy (non-hydrogen) atoms.